The molecule has 1 aromatic carbocycles. The van der Waals surface area contributed by atoms with Gasteiger partial charge in [0.05, 0.1) is 11.1 Å². The summed E-state index contributed by atoms with van der Waals surface area (Å²) in [6.07, 6.45) is -0.306. The molecule has 0 radical (unpaired) electrons. The Bertz CT molecular complexity index is 462. The molecule has 1 atom stereocenters. The minimum Gasteiger partial charge on any atom is -0.494 e. The van der Waals surface area contributed by atoms with E-state index in [4.69, 9.17) is 4.74 Å². The van der Waals surface area contributed by atoms with E-state index in [1.807, 2.05) is 0 Å². The fraction of sp³-hybridized carbons (Fsp3) is 0.571. The fourth-order valence-electron chi connectivity index (χ4n) is 2.30. The lowest BCUT2D eigenvalue weighted by Gasteiger charge is -2.13. The van der Waals surface area contributed by atoms with Crippen LogP contribution in [0.25, 0.3) is 0 Å². The highest BCUT2D eigenvalue weighted by Crippen LogP contribution is 2.33. The molecule has 1 saturated heterocycles. The van der Waals surface area contributed by atoms with Gasteiger partial charge in [0, 0.05) is 6.04 Å². The molecule has 7 heteroatoms. The lowest BCUT2D eigenvalue weighted by atomic mass is 10.1. The van der Waals surface area contributed by atoms with Crippen molar-refractivity contribution in [3.63, 3.8) is 0 Å². The molecule has 1 aromatic rings. The first-order valence-corrected chi connectivity index (χ1v) is 7.65. The number of halogens is 4. The third kappa shape index (κ3) is 5.74. The molecule has 118 valence electrons. The topological polar surface area (TPSA) is 30.5 Å². The summed E-state index contributed by atoms with van der Waals surface area (Å²) < 4.78 is 46.0. The van der Waals surface area contributed by atoms with E-state index < -0.39 is 6.36 Å². The van der Waals surface area contributed by atoms with Gasteiger partial charge in [-0.1, -0.05) is 0 Å². The zero-order chi connectivity index (χ0) is 15.3. The SMILES string of the molecule is FC(F)(F)Oc1ccc(OCCCC2CCCN2)cc1Br. The molecule has 1 fully saturated rings. The normalized spacial score (nSPS) is 18.8. The van der Waals surface area contributed by atoms with Crippen molar-refractivity contribution < 1.29 is 22.6 Å². The summed E-state index contributed by atoms with van der Waals surface area (Å²) in [4.78, 5) is 0. The Morgan fingerprint density at radius 1 is 1.33 bits per heavy atom. The first-order chi connectivity index (χ1) is 9.94. The Balaban J connectivity index is 1.77. The Morgan fingerprint density at radius 2 is 2.14 bits per heavy atom. The summed E-state index contributed by atoms with van der Waals surface area (Å²) in [6.45, 7) is 1.63. The van der Waals surface area contributed by atoms with Gasteiger partial charge in [0.15, 0.2) is 0 Å². The zero-order valence-corrected chi connectivity index (χ0v) is 13.0. The van der Waals surface area contributed by atoms with Crippen LogP contribution in [0.3, 0.4) is 0 Å². The number of benzene rings is 1. The van der Waals surface area contributed by atoms with E-state index in [1.165, 1.54) is 31.0 Å². The molecule has 0 aromatic heterocycles. The van der Waals surface area contributed by atoms with Gasteiger partial charge in [-0.25, -0.2) is 0 Å². The van der Waals surface area contributed by atoms with Crippen molar-refractivity contribution in [1.82, 2.24) is 5.32 Å². The number of nitrogens with one attached hydrogen (secondary N) is 1. The molecule has 0 aliphatic carbocycles. The maximum absolute atomic E-state index is 12.1. The summed E-state index contributed by atoms with van der Waals surface area (Å²) in [5, 5.41) is 3.41. The highest BCUT2D eigenvalue weighted by atomic mass is 79.9. The maximum atomic E-state index is 12.1. The summed E-state index contributed by atoms with van der Waals surface area (Å²) in [6, 6.07) is 4.77. The van der Waals surface area contributed by atoms with Crippen LogP contribution in [-0.4, -0.2) is 25.6 Å². The second kappa shape index (κ2) is 7.35. The average Bonchev–Trinajstić information content (AvgIpc) is 2.89. The number of ether oxygens (including phenoxy) is 2. The van der Waals surface area contributed by atoms with E-state index in [0.717, 1.165) is 19.4 Å². The number of alkyl halides is 3. The van der Waals surface area contributed by atoms with Crippen LogP contribution in [0.2, 0.25) is 0 Å². The second-order valence-electron chi connectivity index (χ2n) is 4.92. The van der Waals surface area contributed by atoms with E-state index in [2.05, 4.69) is 26.0 Å². The van der Waals surface area contributed by atoms with E-state index >= 15 is 0 Å². The zero-order valence-electron chi connectivity index (χ0n) is 11.4. The van der Waals surface area contributed by atoms with Gasteiger partial charge >= 0.3 is 6.36 Å². The average molecular weight is 368 g/mol. The van der Waals surface area contributed by atoms with Crippen molar-refractivity contribution in [3.8, 4) is 11.5 Å². The van der Waals surface area contributed by atoms with Gasteiger partial charge in [-0.3, -0.25) is 0 Å². The second-order valence-corrected chi connectivity index (χ2v) is 5.78. The van der Waals surface area contributed by atoms with E-state index in [1.54, 1.807) is 0 Å². The Hall–Kier alpha value is -0.950. The van der Waals surface area contributed by atoms with Crippen LogP contribution < -0.4 is 14.8 Å². The highest BCUT2D eigenvalue weighted by molar-refractivity contribution is 9.10. The van der Waals surface area contributed by atoms with Gasteiger partial charge in [0.25, 0.3) is 0 Å². The predicted molar refractivity (Wildman–Crippen MR) is 76.6 cm³/mol. The molecule has 3 nitrogen and oxygen atoms in total. The smallest absolute Gasteiger partial charge is 0.494 e. The molecular formula is C14H17BrF3NO2. The van der Waals surface area contributed by atoms with Gasteiger partial charge in [-0.2, -0.15) is 0 Å². The van der Waals surface area contributed by atoms with E-state index in [-0.39, 0.29) is 10.2 Å². The van der Waals surface area contributed by atoms with Crippen LogP contribution in [0, 0.1) is 0 Å². The first kappa shape index (κ1) is 16.4. The Kier molecular flexibility index (Phi) is 5.75. The van der Waals surface area contributed by atoms with Gasteiger partial charge < -0.3 is 14.8 Å². The van der Waals surface area contributed by atoms with Crippen molar-refractivity contribution in [3.05, 3.63) is 22.7 Å². The van der Waals surface area contributed by atoms with Crippen LogP contribution in [-0.2, 0) is 0 Å². The summed E-state index contributed by atoms with van der Waals surface area (Å²) >= 11 is 3.05. The van der Waals surface area contributed by atoms with Crippen LogP contribution >= 0.6 is 15.9 Å². The Labute approximate surface area is 129 Å². The molecule has 0 spiro atoms. The lowest BCUT2D eigenvalue weighted by Crippen LogP contribution is -2.21. The minimum atomic E-state index is -4.70. The third-order valence-electron chi connectivity index (χ3n) is 3.26. The van der Waals surface area contributed by atoms with Crippen molar-refractivity contribution >= 4 is 15.9 Å². The number of hydrogen-bond acceptors (Lipinski definition) is 3. The molecule has 1 aliphatic rings. The first-order valence-electron chi connectivity index (χ1n) is 6.85. The van der Waals surface area contributed by atoms with Gasteiger partial charge in [0.1, 0.15) is 11.5 Å². The lowest BCUT2D eigenvalue weighted by molar-refractivity contribution is -0.274. The van der Waals surface area contributed by atoms with E-state index in [9.17, 15) is 13.2 Å². The quantitative estimate of drug-likeness (QED) is 0.762. The number of hydrogen-bond donors (Lipinski definition) is 1. The standard InChI is InChI=1S/C14H17BrF3NO2/c15-12-9-11(5-6-13(12)21-14(16,17)18)20-8-2-4-10-3-1-7-19-10/h5-6,9-10,19H,1-4,7-8H2. The van der Waals surface area contributed by atoms with Crippen molar-refractivity contribution in [1.29, 1.82) is 0 Å². The van der Waals surface area contributed by atoms with Crippen molar-refractivity contribution in [2.45, 2.75) is 38.1 Å². The van der Waals surface area contributed by atoms with Crippen LogP contribution in [0.4, 0.5) is 13.2 Å². The molecule has 0 amide bonds. The maximum Gasteiger partial charge on any atom is 0.573 e. The van der Waals surface area contributed by atoms with Gasteiger partial charge in [-0.05, 0) is 66.4 Å². The number of rotatable bonds is 6. The van der Waals surface area contributed by atoms with Gasteiger partial charge in [0.2, 0.25) is 0 Å². The van der Waals surface area contributed by atoms with Crippen LogP contribution in [0.1, 0.15) is 25.7 Å². The summed E-state index contributed by atoms with van der Waals surface area (Å²) in [5.74, 6) is 0.251. The molecule has 1 N–H and O–H groups in total. The molecule has 1 aliphatic heterocycles. The molecular weight excluding hydrogens is 351 g/mol. The fourth-order valence-corrected chi connectivity index (χ4v) is 2.74. The largest absolute Gasteiger partial charge is 0.573 e. The van der Waals surface area contributed by atoms with Crippen LogP contribution in [0.5, 0.6) is 11.5 Å². The van der Waals surface area contributed by atoms with Crippen molar-refractivity contribution in [2.75, 3.05) is 13.2 Å². The monoisotopic (exact) mass is 367 g/mol. The summed E-state index contributed by atoms with van der Waals surface area (Å²) in [7, 11) is 0. The summed E-state index contributed by atoms with van der Waals surface area (Å²) in [5.41, 5.74) is 0. The highest BCUT2D eigenvalue weighted by Gasteiger charge is 2.32. The van der Waals surface area contributed by atoms with Crippen molar-refractivity contribution in [2.24, 2.45) is 0 Å². The minimum absolute atomic E-state index is 0.217. The predicted octanol–water partition coefficient (Wildman–Crippen LogP) is 4.26. The third-order valence-corrected chi connectivity index (χ3v) is 3.88. The Morgan fingerprint density at radius 3 is 2.76 bits per heavy atom. The van der Waals surface area contributed by atoms with Crippen LogP contribution in [0.15, 0.2) is 22.7 Å². The molecule has 1 unspecified atom stereocenters. The molecule has 21 heavy (non-hydrogen) atoms. The van der Waals surface area contributed by atoms with Gasteiger partial charge in [-0.15, -0.1) is 13.2 Å². The molecule has 1 heterocycles. The van der Waals surface area contributed by atoms with E-state index in [0.29, 0.717) is 18.4 Å². The molecule has 0 saturated carbocycles. The molecule has 0 bridgehead atoms. The molecule has 2 rings (SSSR count).